The first-order valence-electron chi connectivity index (χ1n) is 4.40. The minimum atomic E-state index is -0.566. The van der Waals surface area contributed by atoms with E-state index in [1.54, 1.807) is 19.1 Å². The fraction of sp³-hybridized carbons (Fsp3) is 0.300. The maximum Gasteiger partial charge on any atom is 0.229 e. The molecular weight excluding hydrogens is 262 g/mol. The number of aldehydes is 1. The van der Waals surface area contributed by atoms with Gasteiger partial charge in [-0.1, -0.05) is 0 Å². The Morgan fingerprint density at radius 3 is 2.93 bits per heavy atom. The molecule has 5 heteroatoms. The van der Waals surface area contributed by atoms with Gasteiger partial charge >= 0.3 is 0 Å². The summed E-state index contributed by atoms with van der Waals surface area (Å²) in [6.07, 6.45) is 0.191. The van der Waals surface area contributed by atoms with Crippen LogP contribution in [0.15, 0.2) is 16.6 Å². The number of benzene rings is 1. The molecule has 0 fully saturated rings. The first-order chi connectivity index (χ1) is 7.19. The number of hydrogen-bond acceptors (Lipinski definition) is 4. The highest BCUT2D eigenvalue weighted by molar-refractivity contribution is 9.10. The van der Waals surface area contributed by atoms with Gasteiger partial charge in [-0.05, 0) is 28.1 Å². The molecule has 0 amide bonds. The van der Waals surface area contributed by atoms with Crippen LogP contribution in [0.25, 0.3) is 0 Å². The van der Waals surface area contributed by atoms with Crippen molar-refractivity contribution < 1.29 is 14.3 Å². The molecule has 0 radical (unpaired) electrons. The molecule has 1 aliphatic heterocycles. The van der Waals surface area contributed by atoms with E-state index in [1.165, 1.54) is 0 Å². The Labute approximate surface area is 95.9 Å². The van der Waals surface area contributed by atoms with Crippen molar-refractivity contribution in [3.63, 3.8) is 0 Å². The summed E-state index contributed by atoms with van der Waals surface area (Å²) in [5.41, 5.74) is 0.854. The molecule has 80 valence electrons. The third-order valence-electron chi connectivity index (χ3n) is 2.36. The summed E-state index contributed by atoms with van der Waals surface area (Å²) in [4.78, 5) is 12.5. The summed E-state index contributed by atoms with van der Waals surface area (Å²) in [5, 5.41) is 0. The van der Waals surface area contributed by atoms with Crippen molar-refractivity contribution in [1.82, 2.24) is 0 Å². The van der Waals surface area contributed by atoms with Crippen molar-refractivity contribution in [2.75, 3.05) is 19.1 Å². The van der Waals surface area contributed by atoms with Crippen molar-refractivity contribution in [2.24, 2.45) is 0 Å². The molecule has 0 bridgehead atoms. The lowest BCUT2D eigenvalue weighted by Gasteiger charge is -2.13. The van der Waals surface area contributed by atoms with E-state index in [2.05, 4.69) is 15.9 Å². The second-order valence-corrected chi connectivity index (χ2v) is 4.04. The molecule has 4 nitrogen and oxygen atoms in total. The minimum absolute atomic E-state index is 0.566. The zero-order valence-electron chi connectivity index (χ0n) is 8.36. The van der Waals surface area contributed by atoms with Gasteiger partial charge in [0.1, 0.15) is 0 Å². The number of carbonyl (C=O) groups is 1. The van der Waals surface area contributed by atoms with Gasteiger partial charge < -0.3 is 14.4 Å². The molecule has 1 aromatic rings. The van der Waals surface area contributed by atoms with Gasteiger partial charge in [-0.2, -0.15) is 0 Å². The number of methoxy groups -OCH3 is 1. The normalized spacial score (nSPS) is 18.3. The molecule has 1 heterocycles. The summed E-state index contributed by atoms with van der Waals surface area (Å²) in [6.45, 7) is 0. The lowest BCUT2D eigenvalue weighted by molar-refractivity contribution is -0.113. The number of anilines is 1. The Hall–Kier alpha value is -1.23. The summed E-state index contributed by atoms with van der Waals surface area (Å²) in [5.74, 6) is 1.22. The van der Waals surface area contributed by atoms with E-state index >= 15 is 0 Å². The molecule has 0 aromatic heterocycles. The van der Waals surface area contributed by atoms with Crippen LogP contribution < -0.4 is 14.4 Å². The molecule has 1 aliphatic rings. The molecular formula is C10H10BrNO3. The van der Waals surface area contributed by atoms with Crippen LogP contribution in [-0.2, 0) is 4.79 Å². The largest absolute Gasteiger partial charge is 0.492 e. The van der Waals surface area contributed by atoms with Gasteiger partial charge in [-0.25, -0.2) is 0 Å². The third kappa shape index (κ3) is 1.47. The average Bonchev–Trinajstić information content (AvgIpc) is 2.55. The van der Waals surface area contributed by atoms with E-state index < -0.39 is 6.23 Å². The highest BCUT2D eigenvalue weighted by atomic mass is 79.9. The van der Waals surface area contributed by atoms with Gasteiger partial charge in [0, 0.05) is 7.05 Å². The van der Waals surface area contributed by atoms with Crippen molar-refractivity contribution in [3.05, 3.63) is 16.6 Å². The summed E-state index contributed by atoms with van der Waals surface area (Å²) in [7, 11) is 3.37. The molecule has 0 saturated heterocycles. The average molecular weight is 272 g/mol. The Bertz CT molecular complexity index is 408. The van der Waals surface area contributed by atoms with Gasteiger partial charge in [0.25, 0.3) is 0 Å². The van der Waals surface area contributed by atoms with E-state index in [1.807, 2.05) is 12.1 Å². The monoisotopic (exact) mass is 271 g/mol. The fourth-order valence-corrected chi connectivity index (χ4v) is 2.04. The van der Waals surface area contributed by atoms with E-state index in [9.17, 15) is 4.79 Å². The SMILES string of the molecule is COc1c(Br)ccc2c1OC(C=O)N2C. The first-order valence-corrected chi connectivity index (χ1v) is 5.19. The van der Waals surface area contributed by atoms with Crippen molar-refractivity contribution in [1.29, 1.82) is 0 Å². The fourth-order valence-electron chi connectivity index (χ4n) is 1.57. The Morgan fingerprint density at radius 2 is 2.33 bits per heavy atom. The molecule has 0 spiro atoms. The van der Waals surface area contributed by atoms with Crippen LogP contribution in [0.1, 0.15) is 0 Å². The van der Waals surface area contributed by atoms with E-state index in [4.69, 9.17) is 9.47 Å². The minimum Gasteiger partial charge on any atom is -0.492 e. The number of carbonyl (C=O) groups excluding carboxylic acids is 1. The molecule has 1 atom stereocenters. The van der Waals surface area contributed by atoms with Crippen LogP contribution in [-0.4, -0.2) is 26.7 Å². The van der Waals surface area contributed by atoms with Gasteiger partial charge in [0.2, 0.25) is 6.23 Å². The summed E-state index contributed by atoms with van der Waals surface area (Å²) < 4.78 is 11.5. The standard InChI is InChI=1S/C10H10BrNO3/c1-12-7-4-3-6(11)9(14-2)10(7)15-8(12)5-13/h3-5,8H,1-2H3. The molecule has 1 unspecified atom stereocenters. The number of fused-ring (bicyclic) bond motifs is 1. The highest BCUT2D eigenvalue weighted by Crippen LogP contribution is 2.46. The lowest BCUT2D eigenvalue weighted by Crippen LogP contribution is -2.32. The van der Waals surface area contributed by atoms with Gasteiger partial charge in [-0.15, -0.1) is 0 Å². The highest BCUT2D eigenvalue weighted by Gasteiger charge is 2.31. The van der Waals surface area contributed by atoms with E-state index in [0.29, 0.717) is 11.5 Å². The van der Waals surface area contributed by atoms with Crippen molar-refractivity contribution >= 4 is 27.9 Å². The zero-order valence-corrected chi connectivity index (χ0v) is 9.95. The number of hydrogen-bond donors (Lipinski definition) is 0. The molecule has 2 rings (SSSR count). The number of ether oxygens (including phenoxy) is 2. The number of rotatable bonds is 2. The van der Waals surface area contributed by atoms with E-state index in [0.717, 1.165) is 16.4 Å². The second-order valence-electron chi connectivity index (χ2n) is 3.18. The maximum atomic E-state index is 10.8. The van der Waals surface area contributed by atoms with Crippen molar-refractivity contribution in [2.45, 2.75) is 6.23 Å². The Morgan fingerprint density at radius 1 is 1.60 bits per heavy atom. The van der Waals surface area contributed by atoms with Crippen LogP contribution in [0.5, 0.6) is 11.5 Å². The number of nitrogens with zero attached hydrogens (tertiary/aromatic N) is 1. The molecule has 0 saturated carbocycles. The quantitative estimate of drug-likeness (QED) is 0.770. The Kier molecular flexibility index (Phi) is 2.56. The topological polar surface area (TPSA) is 38.8 Å². The second kappa shape index (κ2) is 3.73. The molecule has 0 N–H and O–H groups in total. The Balaban J connectivity index is 2.53. The summed E-state index contributed by atoms with van der Waals surface area (Å²) in [6, 6.07) is 3.75. The zero-order chi connectivity index (χ0) is 11.0. The number of likely N-dealkylation sites (N-methyl/N-ethyl adjacent to an activating group) is 1. The third-order valence-corrected chi connectivity index (χ3v) is 2.99. The summed E-state index contributed by atoms with van der Waals surface area (Å²) >= 11 is 3.36. The number of halogens is 1. The van der Waals surface area contributed by atoms with E-state index in [-0.39, 0.29) is 0 Å². The molecule has 15 heavy (non-hydrogen) atoms. The first kappa shape index (κ1) is 10.3. The van der Waals surface area contributed by atoms with Crippen molar-refractivity contribution in [3.8, 4) is 11.5 Å². The van der Waals surface area contributed by atoms with Gasteiger partial charge in [0.05, 0.1) is 17.3 Å². The van der Waals surface area contributed by atoms with Crippen LogP contribution >= 0.6 is 15.9 Å². The molecule has 0 aliphatic carbocycles. The smallest absolute Gasteiger partial charge is 0.229 e. The molecule has 1 aromatic carbocycles. The van der Waals surface area contributed by atoms with Crippen LogP contribution in [0.2, 0.25) is 0 Å². The van der Waals surface area contributed by atoms with Crippen LogP contribution in [0, 0.1) is 0 Å². The van der Waals surface area contributed by atoms with Crippen LogP contribution in [0.4, 0.5) is 5.69 Å². The van der Waals surface area contributed by atoms with Gasteiger partial charge in [0.15, 0.2) is 17.8 Å². The van der Waals surface area contributed by atoms with Gasteiger partial charge in [-0.3, -0.25) is 4.79 Å². The maximum absolute atomic E-state index is 10.8. The predicted molar refractivity (Wildman–Crippen MR) is 59.6 cm³/mol. The predicted octanol–water partition coefficient (Wildman–Crippen LogP) is 1.81. The van der Waals surface area contributed by atoms with Crippen LogP contribution in [0.3, 0.4) is 0 Å². The lowest BCUT2D eigenvalue weighted by atomic mass is 10.2.